The van der Waals surface area contributed by atoms with Gasteiger partial charge in [0, 0.05) is 12.5 Å². The van der Waals surface area contributed by atoms with Gasteiger partial charge in [-0.2, -0.15) is 0 Å². The van der Waals surface area contributed by atoms with E-state index in [0.717, 1.165) is 23.0 Å². The minimum absolute atomic E-state index is 0.347. The highest BCUT2D eigenvalue weighted by molar-refractivity contribution is 5.38. The number of hydrogen-bond acceptors (Lipinski definition) is 4. The van der Waals surface area contributed by atoms with E-state index in [0.29, 0.717) is 13.0 Å². The molecule has 0 aliphatic carbocycles. The van der Waals surface area contributed by atoms with Gasteiger partial charge in [0.25, 0.3) is 0 Å². The van der Waals surface area contributed by atoms with Crippen LogP contribution in [0.4, 0.5) is 0 Å². The lowest BCUT2D eigenvalue weighted by Gasteiger charge is -2.10. The van der Waals surface area contributed by atoms with Crippen molar-refractivity contribution in [2.75, 3.05) is 13.7 Å². The van der Waals surface area contributed by atoms with Crippen LogP contribution >= 0.6 is 0 Å². The molecular formula is C17H20O4. The van der Waals surface area contributed by atoms with Crippen LogP contribution in [0.25, 0.3) is 0 Å². The zero-order valence-corrected chi connectivity index (χ0v) is 12.3. The summed E-state index contributed by atoms with van der Waals surface area (Å²) in [6.07, 6.45) is 0.267. The van der Waals surface area contributed by atoms with E-state index in [4.69, 9.17) is 14.2 Å². The molecule has 1 atom stereocenters. The molecule has 112 valence electrons. The summed E-state index contributed by atoms with van der Waals surface area (Å²) in [4.78, 5) is 0. The molecule has 0 spiro atoms. The van der Waals surface area contributed by atoms with Crippen LogP contribution in [0.15, 0.2) is 48.5 Å². The van der Waals surface area contributed by atoms with Crippen LogP contribution in [0, 0.1) is 0 Å². The maximum Gasteiger partial charge on any atom is 0.131 e. The first-order valence-electron chi connectivity index (χ1n) is 6.90. The molecule has 2 rings (SSSR count). The molecule has 4 heteroatoms. The van der Waals surface area contributed by atoms with E-state index in [1.54, 1.807) is 14.0 Å². The van der Waals surface area contributed by atoms with Gasteiger partial charge < -0.3 is 19.3 Å². The van der Waals surface area contributed by atoms with Crippen molar-refractivity contribution in [3.05, 3.63) is 48.5 Å². The number of aliphatic hydroxyl groups is 1. The second-order valence-corrected chi connectivity index (χ2v) is 4.74. The van der Waals surface area contributed by atoms with Crippen molar-refractivity contribution in [3.8, 4) is 23.0 Å². The second-order valence-electron chi connectivity index (χ2n) is 4.74. The third-order valence-corrected chi connectivity index (χ3v) is 2.90. The molecule has 21 heavy (non-hydrogen) atoms. The van der Waals surface area contributed by atoms with Crippen LogP contribution in [0.1, 0.15) is 13.3 Å². The number of ether oxygens (including phenoxy) is 3. The fourth-order valence-corrected chi connectivity index (χ4v) is 1.75. The van der Waals surface area contributed by atoms with E-state index >= 15 is 0 Å². The smallest absolute Gasteiger partial charge is 0.131 e. The molecule has 0 amide bonds. The molecule has 0 saturated carbocycles. The van der Waals surface area contributed by atoms with Crippen molar-refractivity contribution in [1.82, 2.24) is 0 Å². The monoisotopic (exact) mass is 288 g/mol. The zero-order chi connectivity index (χ0) is 15.1. The summed E-state index contributed by atoms with van der Waals surface area (Å²) < 4.78 is 16.4. The number of rotatable bonds is 7. The molecule has 0 saturated heterocycles. The van der Waals surface area contributed by atoms with Gasteiger partial charge in [-0.15, -0.1) is 0 Å². The van der Waals surface area contributed by atoms with Gasteiger partial charge >= 0.3 is 0 Å². The minimum Gasteiger partial charge on any atom is -0.497 e. The molecule has 0 aromatic heterocycles. The Morgan fingerprint density at radius 3 is 2.29 bits per heavy atom. The molecule has 0 aliphatic rings. The summed E-state index contributed by atoms with van der Waals surface area (Å²) in [7, 11) is 1.62. The quantitative estimate of drug-likeness (QED) is 0.845. The van der Waals surface area contributed by atoms with Crippen LogP contribution < -0.4 is 14.2 Å². The van der Waals surface area contributed by atoms with Gasteiger partial charge in [0.2, 0.25) is 0 Å². The van der Waals surface area contributed by atoms with Crippen molar-refractivity contribution >= 4 is 0 Å². The Bertz CT molecular complexity index is 549. The summed E-state index contributed by atoms with van der Waals surface area (Å²) in [6, 6.07) is 14.8. The molecule has 1 unspecified atom stereocenters. The highest BCUT2D eigenvalue weighted by Crippen LogP contribution is 2.26. The average molecular weight is 288 g/mol. The summed E-state index contributed by atoms with van der Waals surface area (Å²) in [6.45, 7) is 2.24. The topological polar surface area (TPSA) is 47.9 Å². The van der Waals surface area contributed by atoms with Crippen LogP contribution in [-0.2, 0) is 0 Å². The van der Waals surface area contributed by atoms with Gasteiger partial charge in [0.1, 0.15) is 23.0 Å². The Hall–Kier alpha value is -2.20. The predicted molar refractivity (Wildman–Crippen MR) is 81.3 cm³/mol. The van der Waals surface area contributed by atoms with Crippen molar-refractivity contribution in [1.29, 1.82) is 0 Å². The highest BCUT2D eigenvalue weighted by atomic mass is 16.5. The van der Waals surface area contributed by atoms with E-state index in [9.17, 15) is 5.11 Å². The van der Waals surface area contributed by atoms with Crippen molar-refractivity contribution in [2.24, 2.45) is 0 Å². The molecule has 0 heterocycles. The van der Waals surface area contributed by atoms with Crippen molar-refractivity contribution < 1.29 is 19.3 Å². The van der Waals surface area contributed by atoms with Gasteiger partial charge in [-0.25, -0.2) is 0 Å². The van der Waals surface area contributed by atoms with Crippen molar-refractivity contribution in [2.45, 2.75) is 19.4 Å². The molecule has 0 fully saturated rings. The fourth-order valence-electron chi connectivity index (χ4n) is 1.75. The van der Waals surface area contributed by atoms with Crippen LogP contribution in [0.3, 0.4) is 0 Å². The summed E-state index contributed by atoms with van der Waals surface area (Å²) in [5.41, 5.74) is 0. The Balaban J connectivity index is 1.92. The van der Waals surface area contributed by atoms with Crippen LogP contribution in [0.2, 0.25) is 0 Å². The maximum absolute atomic E-state index is 9.17. The van der Waals surface area contributed by atoms with E-state index in [-0.39, 0.29) is 6.10 Å². The van der Waals surface area contributed by atoms with Crippen LogP contribution in [0.5, 0.6) is 23.0 Å². The standard InChI is InChI=1S/C17H20O4/c1-13(18)10-11-20-14-6-8-15(9-7-14)21-17-5-3-4-16(12-17)19-2/h3-9,12-13,18H,10-11H2,1-2H3. The number of benzene rings is 2. The molecule has 1 N–H and O–H groups in total. The van der Waals surface area contributed by atoms with Gasteiger partial charge in [-0.3, -0.25) is 0 Å². The van der Waals surface area contributed by atoms with Gasteiger partial charge in [0.15, 0.2) is 0 Å². The normalized spacial score (nSPS) is 11.8. The molecule has 2 aromatic carbocycles. The van der Waals surface area contributed by atoms with Gasteiger partial charge in [0.05, 0.1) is 19.8 Å². The van der Waals surface area contributed by atoms with Gasteiger partial charge in [-0.1, -0.05) is 6.07 Å². The Kier molecular flexibility index (Phi) is 5.46. The lowest BCUT2D eigenvalue weighted by molar-refractivity contribution is 0.155. The SMILES string of the molecule is COc1cccc(Oc2ccc(OCCC(C)O)cc2)c1. The first-order valence-corrected chi connectivity index (χ1v) is 6.90. The molecular weight excluding hydrogens is 268 g/mol. The highest BCUT2D eigenvalue weighted by Gasteiger charge is 2.01. The van der Waals surface area contributed by atoms with E-state index < -0.39 is 0 Å². The first-order chi connectivity index (χ1) is 10.2. The maximum atomic E-state index is 9.17. The Morgan fingerprint density at radius 1 is 0.952 bits per heavy atom. The van der Waals surface area contributed by atoms with Gasteiger partial charge in [-0.05, 0) is 43.3 Å². The third-order valence-electron chi connectivity index (χ3n) is 2.90. The lowest BCUT2D eigenvalue weighted by Crippen LogP contribution is -2.07. The Morgan fingerprint density at radius 2 is 1.62 bits per heavy atom. The summed E-state index contributed by atoms with van der Waals surface area (Å²) in [5.74, 6) is 2.96. The molecule has 2 aromatic rings. The first kappa shape index (κ1) is 15.2. The molecule has 4 nitrogen and oxygen atoms in total. The number of aliphatic hydroxyl groups excluding tert-OH is 1. The Labute approximate surface area is 124 Å². The van der Waals surface area contributed by atoms with E-state index in [1.165, 1.54) is 0 Å². The predicted octanol–water partition coefficient (Wildman–Crippen LogP) is 3.64. The zero-order valence-electron chi connectivity index (χ0n) is 12.3. The lowest BCUT2D eigenvalue weighted by atomic mass is 10.3. The van der Waals surface area contributed by atoms with E-state index in [2.05, 4.69) is 0 Å². The number of hydrogen-bond donors (Lipinski definition) is 1. The van der Waals surface area contributed by atoms with Crippen LogP contribution in [-0.4, -0.2) is 24.9 Å². The average Bonchev–Trinajstić information content (AvgIpc) is 2.49. The fraction of sp³-hybridized carbons (Fsp3) is 0.294. The van der Waals surface area contributed by atoms with Crippen molar-refractivity contribution in [3.63, 3.8) is 0 Å². The molecule has 0 bridgehead atoms. The molecule has 0 aliphatic heterocycles. The summed E-state index contributed by atoms with van der Waals surface area (Å²) >= 11 is 0. The second kappa shape index (κ2) is 7.55. The third kappa shape index (κ3) is 5.00. The number of methoxy groups -OCH3 is 1. The minimum atomic E-state index is -0.347. The van der Waals surface area contributed by atoms with E-state index in [1.807, 2.05) is 48.5 Å². The summed E-state index contributed by atoms with van der Waals surface area (Å²) in [5, 5.41) is 9.17. The molecule has 0 radical (unpaired) electrons. The largest absolute Gasteiger partial charge is 0.497 e.